The third-order valence-electron chi connectivity index (χ3n) is 4.65. The zero-order valence-corrected chi connectivity index (χ0v) is 12.0. The van der Waals surface area contributed by atoms with Crippen LogP contribution in [0.1, 0.15) is 42.1 Å². The second-order valence-corrected chi connectivity index (χ2v) is 7.08. The molecule has 3 rings (SSSR count). The lowest BCUT2D eigenvalue weighted by molar-refractivity contribution is 0.331. The maximum absolute atomic E-state index is 4.39. The first-order chi connectivity index (χ1) is 8.85. The first kappa shape index (κ1) is 12.5. The Bertz CT molecular complexity index is 390. The fourth-order valence-corrected chi connectivity index (χ4v) is 4.72. The van der Waals surface area contributed by atoms with Crippen molar-refractivity contribution in [3.8, 4) is 0 Å². The molecular weight excluding hydrogens is 242 g/mol. The first-order valence-corrected chi connectivity index (χ1v) is 8.12. The van der Waals surface area contributed by atoms with Crippen molar-refractivity contribution in [2.45, 2.75) is 44.9 Å². The van der Waals surface area contributed by atoms with E-state index in [-0.39, 0.29) is 0 Å². The molecule has 0 saturated heterocycles. The molecule has 4 heteroatoms. The van der Waals surface area contributed by atoms with E-state index in [1.165, 1.54) is 48.5 Å². The van der Waals surface area contributed by atoms with E-state index in [0.717, 1.165) is 30.7 Å². The van der Waals surface area contributed by atoms with E-state index in [0.29, 0.717) is 0 Å². The molecule has 0 aromatic carbocycles. The highest BCUT2D eigenvalue weighted by Crippen LogP contribution is 2.49. The molecule has 2 fully saturated rings. The van der Waals surface area contributed by atoms with Crippen LogP contribution in [0, 0.1) is 17.8 Å². The number of nitrogens with zero attached hydrogens (tertiary/aromatic N) is 2. The van der Waals surface area contributed by atoms with Crippen molar-refractivity contribution < 1.29 is 0 Å². The van der Waals surface area contributed by atoms with Gasteiger partial charge in [-0.05, 0) is 57.0 Å². The van der Waals surface area contributed by atoms with E-state index in [4.69, 9.17) is 0 Å². The molecule has 0 radical (unpaired) electrons. The zero-order valence-electron chi connectivity index (χ0n) is 11.2. The monoisotopic (exact) mass is 265 g/mol. The summed E-state index contributed by atoms with van der Waals surface area (Å²) in [6.45, 7) is 1.07. The van der Waals surface area contributed by atoms with Crippen molar-refractivity contribution in [2.24, 2.45) is 17.8 Å². The topological polar surface area (TPSA) is 37.8 Å². The summed E-state index contributed by atoms with van der Waals surface area (Å²) in [6.07, 6.45) is 9.37. The Morgan fingerprint density at radius 2 is 2.11 bits per heavy atom. The quantitative estimate of drug-likeness (QED) is 0.804. The number of aromatic nitrogens is 2. The first-order valence-electron chi connectivity index (χ1n) is 7.31. The van der Waals surface area contributed by atoms with E-state index in [1.807, 2.05) is 18.4 Å². The van der Waals surface area contributed by atoms with E-state index >= 15 is 0 Å². The van der Waals surface area contributed by atoms with E-state index in [1.54, 1.807) is 0 Å². The normalized spacial score (nSPS) is 30.2. The molecule has 0 spiro atoms. The average molecular weight is 265 g/mol. The number of fused-ring (bicyclic) bond motifs is 2. The van der Waals surface area contributed by atoms with Gasteiger partial charge in [-0.25, -0.2) is 0 Å². The van der Waals surface area contributed by atoms with Gasteiger partial charge in [0.2, 0.25) is 0 Å². The predicted molar refractivity (Wildman–Crippen MR) is 74.8 cm³/mol. The van der Waals surface area contributed by atoms with Crippen LogP contribution in [0.5, 0.6) is 0 Å². The highest BCUT2D eigenvalue weighted by molar-refractivity contribution is 7.11. The molecule has 1 heterocycles. The molecule has 2 aliphatic rings. The van der Waals surface area contributed by atoms with Gasteiger partial charge >= 0.3 is 0 Å². The summed E-state index contributed by atoms with van der Waals surface area (Å²) in [5.41, 5.74) is 0. The van der Waals surface area contributed by atoms with Crippen molar-refractivity contribution in [3.05, 3.63) is 10.0 Å². The van der Waals surface area contributed by atoms with Gasteiger partial charge in [0.05, 0.1) is 0 Å². The molecule has 2 aliphatic carbocycles. The molecule has 2 saturated carbocycles. The van der Waals surface area contributed by atoms with Gasteiger partial charge < -0.3 is 5.32 Å². The van der Waals surface area contributed by atoms with Gasteiger partial charge in [0.15, 0.2) is 0 Å². The van der Waals surface area contributed by atoms with Crippen LogP contribution >= 0.6 is 11.3 Å². The summed E-state index contributed by atoms with van der Waals surface area (Å²) in [6, 6.07) is 0. The van der Waals surface area contributed by atoms with Gasteiger partial charge in [0, 0.05) is 12.8 Å². The highest BCUT2D eigenvalue weighted by Gasteiger charge is 2.39. The molecule has 18 heavy (non-hydrogen) atoms. The van der Waals surface area contributed by atoms with Crippen molar-refractivity contribution in [1.82, 2.24) is 15.5 Å². The van der Waals surface area contributed by atoms with Crippen LogP contribution in [0.3, 0.4) is 0 Å². The van der Waals surface area contributed by atoms with E-state index in [9.17, 15) is 0 Å². The zero-order chi connectivity index (χ0) is 12.4. The number of hydrogen-bond acceptors (Lipinski definition) is 4. The molecule has 1 aromatic rings. The van der Waals surface area contributed by atoms with Gasteiger partial charge in [0.1, 0.15) is 10.0 Å². The number of rotatable bonds is 6. The highest BCUT2D eigenvalue weighted by atomic mass is 32.1. The second kappa shape index (κ2) is 5.66. The maximum Gasteiger partial charge on any atom is 0.117 e. The van der Waals surface area contributed by atoms with Crippen LogP contribution in [-0.2, 0) is 12.8 Å². The molecule has 2 bridgehead atoms. The Morgan fingerprint density at radius 1 is 1.22 bits per heavy atom. The van der Waals surface area contributed by atoms with Gasteiger partial charge in [-0.1, -0.05) is 6.42 Å². The van der Waals surface area contributed by atoms with Gasteiger partial charge in [-0.3, -0.25) is 0 Å². The Hall–Kier alpha value is -0.480. The molecule has 0 aliphatic heterocycles. The molecule has 3 atom stereocenters. The summed E-state index contributed by atoms with van der Waals surface area (Å²) in [4.78, 5) is 0. The molecule has 3 unspecified atom stereocenters. The smallest absolute Gasteiger partial charge is 0.117 e. The summed E-state index contributed by atoms with van der Waals surface area (Å²) in [7, 11) is 2.00. The van der Waals surface area contributed by atoms with Crippen LogP contribution in [0.15, 0.2) is 0 Å². The standard InChI is InChI=1S/C14H23N3S/c1-15-6-2-3-13-16-17-14(18-13)9-12-8-10-4-5-11(12)7-10/h10-12,15H,2-9H2,1H3. The van der Waals surface area contributed by atoms with E-state index < -0.39 is 0 Å². The van der Waals surface area contributed by atoms with Crippen molar-refractivity contribution in [1.29, 1.82) is 0 Å². The minimum absolute atomic E-state index is 0.918. The molecule has 3 nitrogen and oxygen atoms in total. The Balaban J connectivity index is 1.51. The van der Waals surface area contributed by atoms with Crippen molar-refractivity contribution in [2.75, 3.05) is 13.6 Å². The van der Waals surface area contributed by atoms with E-state index in [2.05, 4.69) is 15.5 Å². The van der Waals surface area contributed by atoms with Gasteiger partial charge in [-0.2, -0.15) is 0 Å². The summed E-state index contributed by atoms with van der Waals surface area (Å²) < 4.78 is 0. The van der Waals surface area contributed by atoms with Crippen LogP contribution in [-0.4, -0.2) is 23.8 Å². The SMILES string of the molecule is CNCCCc1nnc(CC2CC3CCC2C3)s1. The lowest BCUT2D eigenvalue weighted by Gasteiger charge is -2.19. The molecular formula is C14H23N3S. The number of nitrogens with one attached hydrogen (secondary N) is 1. The summed E-state index contributed by atoms with van der Waals surface area (Å²) >= 11 is 1.85. The van der Waals surface area contributed by atoms with Crippen LogP contribution < -0.4 is 5.32 Å². The molecule has 1 N–H and O–H groups in total. The second-order valence-electron chi connectivity index (χ2n) is 5.94. The Labute approximate surface area is 113 Å². The Morgan fingerprint density at radius 3 is 2.83 bits per heavy atom. The lowest BCUT2D eigenvalue weighted by Crippen LogP contribution is -2.12. The van der Waals surface area contributed by atoms with Crippen LogP contribution in [0.4, 0.5) is 0 Å². The summed E-state index contributed by atoms with van der Waals surface area (Å²) in [5.74, 6) is 2.97. The number of hydrogen-bond donors (Lipinski definition) is 1. The number of aryl methyl sites for hydroxylation is 1. The fraction of sp³-hybridized carbons (Fsp3) is 0.857. The molecule has 0 amide bonds. The summed E-state index contributed by atoms with van der Waals surface area (Å²) in [5, 5.41) is 14.4. The maximum atomic E-state index is 4.39. The van der Waals surface area contributed by atoms with Gasteiger partial charge in [0.25, 0.3) is 0 Å². The fourth-order valence-electron chi connectivity index (χ4n) is 3.74. The van der Waals surface area contributed by atoms with Crippen molar-refractivity contribution in [3.63, 3.8) is 0 Å². The third-order valence-corrected chi connectivity index (χ3v) is 5.65. The third kappa shape index (κ3) is 2.75. The van der Waals surface area contributed by atoms with Crippen LogP contribution in [0.25, 0.3) is 0 Å². The largest absolute Gasteiger partial charge is 0.320 e. The molecule has 1 aromatic heterocycles. The van der Waals surface area contributed by atoms with Gasteiger partial charge in [-0.15, -0.1) is 21.5 Å². The molecule has 100 valence electrons. The Kier molecular flexibility index (Phi) is 3.94. The van der Waals surface area contributed by atoms with Crippen molar-refractivity contribution >= 4 is 11.3 Å². The predicted octanol–water partition coefficient (Wildman–Crippen LogP) is 2.67. The lowest BCUT2D eigenvalue weighted by atomic mass is 9.87. The van der Waals surface area contributed by atoms with Crippen LogP contribution in [0.2, 0.25) is 0 Å². The minimum atomic E-state index is 0.918. The minimum Gasteiger partial charge on any atom is -0.320 e. The average Bonchev–Trinajstić information content (AvgIpc) is 3.06.